The van der Waals surface area contributed by atoms with E-state index in [4.69, 9.17) is 33.1 Å². The van der Waals surface area contributed by atoms with E-state index >= 15 is 0 Å². The van der Waals surface area contributed by atoms with Crippen molar-refractivity contribution in [2.24, 2.45) is 0 Å². The van der Waals surface area contributed by atoms with Crippen molar-refractivity contribution in [3.05, 3.63) is 133 Å². The number of aromatic nitrogens is 6. The van der Waals surface area contributed by atoms with Crippen molar-refractivity contribution >= 4 is 94.7 Å². The molecule has 0 radical (unpaired) electrons. The first-order valence-corrected chi connectivity index (χ1v) is 20.7. The van der Waals surface area contributed by atoms with Gasteiger partial charge in [0.1, 0.15) is 34.7 Å². The first-order chi connectivity index (χ1) is 30.0. The zero-order valence-corrected chi connectivity index (χ0v) is 37.9. The molecule has 0 unspecified atom stereocenters. The fourth-order valence-corrected chi connectivity index (χ4v) is 7.76. The van der Waals surface area contributed by atoms with E-state index in [0.29, 0.717) is 44.2 Å². The van der Waals surface area contributed by atoms with Gasteiger partial charge in [0.2, 0.25) is 5.78 Å². The van der Waals surface area contributed by atoms with Gasteiger partial charge in [-0.15, -0.1) is 0 Å². The maximum atomic E-state index is 14.2. The number of hydrogen-bond acceptors (Lipinski definition) is 13. The Kier molecular flexibility index (Phi) is 15.5. The van der Waals surface area contributed by atoms with Crippen molar-refractivity contribution in [3.8, 4) is 22.6 Å². The molecule has 15 nitrogen and oxygen atoms in total. The van der Waals surface area contributed by atoms with Gasteiger partial charge in [0.05, 0.1) is 95.4 Å². The second kappa shape index (κ2) is 20.6. The molecule has 4 bridgehead atoms. The van der Waals surface area contributed by atoms with Gasteiger partial charge in [-0.2, -0.15) is 0 Å². The molecule has 4 aliphatic rings. The van der Waals surface area contributed by atoms with E-state index in [2.05, 4.69) is 81.4 Å². The molecule has 64 heavy (non-hydrogen) atoms. The van der Waals surface area contributed by atoms with Crippen LogP contribution < -0.4 is 6.15 Å². The van der Waals surface area contributed by atoms with Crippen molar-refractivity contribution < 1.29 is 37.1 Å². The number of carbonyl (C=O) groups excluding carboxylic acids is 2. The third kappa shape index (κ3) is 11.3. The van der Waals surface area contributed by atoms with Crippen LogP contribution in [0.25, 0.3) is 44.7 Å². The van der Waals surface area contributed by atoms with E-state index < -0.39 is 51.4 Å². The van der Waals surface area contributed by atoms with E-state index in [1.54, 1.807) is 24.5 Å². The zero-order chi connectivity index (χ0) is 45.1. The first kappa shape index (κ1) is 48.1. The molecular weight excluding hydrogens is 1020 g/mol. The van der Waals surface area contributed by atoms with Crippen molar-refractivity contribution in [2.45, 2.75) is 6.92 Å². The number of ketones is 2. The molecule has 4 fully saturated rings. The summed E-state index contributed by atoms with van der Waals surface area (Å²) in [4.78, 5) is 67.4. The van der Waals surface area contributed by atoms with Crippen LogP contribution in [-0.2, 0) is 4.79 Å². The van der Waals surface area contributed by atoms with E-state index in [1.165, 1.54) is 64.5 Å². The van der Waals surface area contributed by atoms with Crippen LogP contribution in [0.3, 0.4) is 0 Å². The topological polar surface area (TPSA) is 200 Å². The fraction of sp³-hybridized carbons (Fsp3) is 0.171. The lowest BCUT2D eigenvalue weighted by atomic mass is 10.0. The summed E-state index contributed by atoms with van der Waals surface area (Å²) in [7, 11) is 0. The van der Waals surface area contributed by atoms with Crippen LogP contribution in [0, 0.1) is 23.3 Å². The summed E-state index contributed by atoms with van der Waals surface area (Å²) in [5.41, 5.74) is 2.98. The predicted molar refractivity (Wildman–Crippen MR) is 237 cm³/mol. The van der Waals surface area contributed by atoms with Gasteiger partial charge in [-0.3, -0.25) is 44.0 Å². The Hall–Kier alpha value is -5.36. The smallest absolute Gasteiger partial charge is 0.300 e. The summed E-state index contributed by atoms with van der Waals surface area (Å²) in [6.45, 7) is 8.21. The number of aromatic amines is 1. The van der Waals surface area contributed by atoms with Crippen LogP contribution in [0.4, 0.5) is 17.6 Å². The Bertz CT molecular complexity index is 2860. The molecule has 0 atom stereocenters. The Morgan fingerprint density at radius 3 is 1.67 bits per heavy atom. The van der Waals surface area contributed by atoms with Gasteiger partial charge in [0, 0.05) is 46.0 Å². The first-order valence-electron chi connectivity index (χ1n) is 18.4. The van der Waals surface area contributed by atoms with Gasteiger partial charge in [-0.05, 0) is 80.4 Å². The minimum atomic E-state index is -1.17. The van der Waals surface area contributed by atoms with Gasteiger partial charge in [0.25, 0.3) is 11.8 Å². The lowest BCUT2D eigenvalue weighted by Crippen LogP contribution is -2.71. The van der Waals surface area contributed by atoms with Gasteiger partial charge in [-0.25, -0.2) is 32.5 Å². The van der Waals surface area contributed by atoms with Crippen molar-refractivity contribution in [3.63, 3.8) is 0 Å². The lowest BCUT2D eigenvalue weighted by Gasteiger charge is -2.56. The summed E-state index contributed by atoms with van der Waals surface area (Å²) in [5.74, 6) is -6.78. The molecule has 0 amide bonds. The number of imidazole rings is 1. The number of halogens is 8. The minimum absolute atomic E-state index is 0. The van der Waals surface area contributed by atoms with Crippen LogP contribution in [-0.4, -0.2) is 112 Å². The van der Waals surface area contributed by atoms with E-state index in [9.17, 15) is 27.2 Å². The maximum absolute atomic E-state index is 14.2. The molecule has 0 saturated carbocycles. The highest BCUT2D eigenvalue weighted by atomic mass is 79.9. The Morgan fingerprint density at radius 1 is 0.641 bits per heavy atom. The molecule has 7 aromatic rings. The molecule has 4 saturated heterocycles. The highest BCUT2D eigenvalue weighted by Gasteiger charge is 2.36. The lowest BCUT2D eigenvalue weighted by molar-refractivity contribution is -0.194. The largest absolute Gasteiger partial charge is 0.481 e. The van der Waals surface area contributed by atoms with Gasteiger partial charge < -0.3 is 16.2 Å². The Morgan fingerprint density at radius 2 is 1.12 bits per heavy atom. The van der Waals surface area contributed by atoms with Crippen LogP contribution in [0.1, 0.15) is 27.8 Å². The van der Waals surface area contributed by atoms with Crippen molar-refractivity contribution in [1.82, 2.24) is 55.7 Å². The molecule has 4 aliphatic heterocycles. The monoisotopic (exact) mass is 1050 g/mol. The van der Waals surface area contributed by atoms with Gasteiger partial charge in [-0.1, -0.05) is 23.2 Å². The second-order valence-corrected chi connectivity index (χ2v) is 16.7. The van der Waals surface area contributed by atoms with Crippen LogP contribution in [0.5, 0.6) is 0 Å². The average molecular weight is 1050 g/mol. The molecule has 11 rings (SSSR count). The maximum Gasteiger partial charge on any atom is 0.300 e. The third-order valence-electron chi connectivity index (χ3n) is 9.26. The standard InChI is InChI=1S/C17H8BrClF2N4.C16H6BrClF2N2O2.C6H12N4.C2H4O2.H3N/c18-8-3-15-13(22-6-8)1-2-14(25-15)17-16(23-7-24-17)9-4-10(19)12(21)5-11(9)20;17-7-3-14-12(21-6-7)1-2-13(22-14)16(24)15(23)8-4-9(18)11(20)5-10(8)19;1-7-2-9-4-8(1)5-10(3-7)6-9;1-2(3)4;/h1-7H,(H,23,24);1-6H;1-6H2;1H3,(H,3,4);1H3. The van der Waals surface area contributed by atoms with Crippen molar-refractivity contribution in [1.29, 1.82) is 0 Å². The molecule has 0 spiro atoms. The molecule has 9 heterocycles. The summed E-state index contributed by atoms with van der Waals surface area (Å²) in [6, 6.07) is 13.0. The van der Waals surface area contributed by atoms with Gasteiger partial charge in [0.15, 0.2) is 0 Å². The highest BCUT2D eigenvalue weighted by Crippen LogP contribution is 2.33. The Balaban J connectivity index is 0.000000162. The molecule has 23 heteroatoms. The van der Waals surface area contributed by atoms with Crippen LogP contribution >= 0.6 is 55.1 Å². The number of benzene rings is 2. The van der Waals surface area contributed by atoms with Crippen LogP contribution in [0.15, 0.2) is 88.3 Å². The normalized spacial score (nSPS) is 17.8. The Labute approximate surface area is 387 Å². The third-order valence-corrected chi connectivity index (χ3v) is 10.7. The number of carboxylic acid groups (broad SMARTS) is 1. The number of rotatable bonds is 5. The molecule has 2 aromatic carbocycles. The summed E-state index contributed by atoms with van der Waals surface area (Å²) < 4.78 is 56.0. The summed E-state index contributed by atoms with van der Waals surface area (Å²) in [5, 5.41) is 6.79. The van der Waals surface area contributed by atoms with Gasteiger partial charge >= 0.3 is 0 Å². The number of carbonyl (C=O) groups is 3. The highest BCUT2D eigenvalue weighted by molar-refractivity contribution is 9.10. The predicted octanol–water partition coefficient (Wildman–Crippen LogP) is 9.00. The molecular formula is C41H33Br2Cl2F4N11O4. The van der Waals surface area contributed by atoms with E-state index in [0.717, 1.165) is 29.0 Å². The van der Waals surface area contributed by atoms with Crippen LogP contribution in [0.2, 0.25) is 10.0 Å². The van der Waals surface area contributed by atoms with E-state index in [1.807, 2.05) is 12.1 Å². The number of H-pyrrole nitrogens is 1. The molecule has 0 aliphatic carbocycles. The number of aliphatic carboxylic acids is 1. The molecule has 332 valence electrons. The molecule has 5 N–H and O–H groups in total. The number of hydrogen-bond donors (Lipinski definition) is 3. The number of carboxylic acids is 1. The average Bonchev–Trinajstić information content (AvgIpc) is 3.72. The number of pyridine rings is 4. The zero-order valence-electron chi connectivity index (χ0n) is 33.2. The second-order valence-electron chi connectivity index (χ2n) is 14.1. The SMILES string of the molecule is C1N2CN3CN1CN(C2)C3.CC(=O)O.Fc1cc(F)c(-c2nc[nH]c2-c2ccc3ncc(Br)cc3n2)cc1Cl.N.O=C(C(=O)c1cc(Cl)c(F)cc1F)c1ccc2ncc(Br)cc2n1. The number of Topliss-reactive ketones (excluding diaryl/α,β-unsaturated/α-hetero) is 2. The minimum Gasteiger partial charge on any atom is -0.481 e. The van der Waals surface area contributed by atoms with Crippen molar-refractivity contribution in [2.75, 3.05) is 40.0 Å². The summed E-state index contributed by atoms with van der Waals surface area (Å²) in [6.07, 6.45) is 4.67. The van der Waals surface area contributed by atoms with E-state index in [-0.39, 0.29) is 22.4 Å². The number of nitrogens with one attached hydrogen (secondary N) is 1. The number of fused-ring (bicyclic) bond motifs is 2. The fourth-order valence-electron chi connectivity index (χ4n) is 6.80. The number of nitrogens with zero attached hydrogens (tertiary/aromatic N) is 9. The quantitative estimate of drug-likeness (QED) is 0.0639. The summed E-state index contributed by atoms with van der Waals surface area (Å²) >= 11 is 17.9. The molecule has 5 aromatic heterocycles.